The highest BCUT2D eigenvalue weighted by Crippen LogP contribution is 2.14. The van der Waals surface area contributed by atoms with Crippen LogP contribution in [-0.2, 0) is 14.8 Å². The van der Waals surface area contributed by atoms with E-state index in [1.807, 2.05) is 0 Å². The molecule has 1 heterocycles. The van der Waals surface area contributed by atoms with Crippen LogP contribution >= 0.6 is 0 Å². The van der Waals surface area contributed by atoms with Crippen LogP contribution < -0.4 is 0 Å². The number of rotatable bonds is 3. The highest BCUT2D eigenvalue weighted by molar-refractivity contribution is 7.90. The van der Waals surface area contributed by atoms with Gasteiger partial charge in [0.2, 0.25) is 10.0 Å². The van der Waals surface area contributed by atoms with Crippen LogP contribution in [0.15, 0.2) is 11.6 Å². The minimum Gasteiger partial charge on any atom is -0.478 e. The molecule has 0 aliphatic carbocycles. The maximum absolute atomic E-state index is 11.0. The van der Waals surface area contributed by atoms with Crippen molar-refractivity contribution in [2.24, 2.45) is 0 Å². The van der Waals surface area contributed by atoms with Crippen LogP contribution in [0.1, 0.15) is 6.92 Å². The number of nitrogens with zero attached hydrogens (tertiary/aromatic N) is 1. The lowest BCUT2D eigenvalue weighted by atomic mass is 10.3. The topological polar surface area (TPSA) is 74.7 Å². The summed E-state index contributed by atoms with van der Waals surface area (Å²) >= 11 is 0. The molecule has 1 N–H and O–H groups in total. The van der Waals surface area contributed by atoms with E-state index in [0.717, 1.165) is 6.08 Å². The molecule has 0 radical (unpaired) electrons. The fraction of sp³-hybridized carbons (Fsp3) is 0.571. The van der Waals surface area contributed by atoms with Crippen molar-refractivity contribution in [3.05, 3.63) is 11.6 Å². The van der Waals surface area contributed by atoms with Gasteiger partial charge >= 0.3 is 5.97 Å². The van der Waals surface area contributed by atoms with Gasteiger partial charge in [-0.3, -0.25) is 0 Å². The molecule has 0 amide bonds. The van der Waals surface area contributed by atoms with Crippen LogP contribution in [0.3, 0.4) is 0 Å². The van der Waals surface area contributed by atoms with Gasteiger partial charge in [-0.05, 0) is 6.92 Å². The first-order valence-electron chi connectivity index (χ1n) is 3.80. The maximum atomic E-state index is 11.0. The first kappa shape index (κ1) is 10.2. The molecule has 0 unspecified atom stereocenters. The molecule has 1 saturated heterocycles. The largest absolute Gasteiger partial charge is 0.478 e. The fourth-order valence-corrected chi connectivity index (χ4v) is 2.22. The first-order chi connectivity index (χ1) is 5.92. The minimum atomic E-state index is -3.05. The van der Waals surface area contributed by atoms with Crippen LogP contribution in [0.25, 0.3) is 0 Å². The summed E-state index contributed by atoms with van der Waals surface area (Å²) in [5.74, 6) is -0.872. The minimum absolute atomic E-state index is 0.174. The molecule has 0 atom stereocenters. The van der Waals surface area contributed by atoms with Gasteiger partial charge in [-0.1, -0.05) is 5.57 Å². The van der Waals surface area contributed by atoms with Crippen molar-refractivity contribution in [2.45, 2.75) is 6.92 Å². The number of hydrogen-bond acceptors (Lipinski definition) is 3. The van der Waals surface area contributed by atoms with Crippen molar-refractivity contribution in [1.82, 2.24) is 4.31 Å². The third-order valence-electron chi connectivity index (χ3n) is 1.79. The van der Waals surface area contributed by atoms with Crippen molar-refractivity contribution in [3.63, 3.8) is 0 Å². The SMILES string of the molecule is C/C(=C\C(=O)O)CN1CCS1(=O)=O. The lowest BCUT2D eigenvalue weighted by Crippen LogP contribution is -2.48. The Morgan fingerprint density at radius 3 is 2.54 bits per heavy atom. The Morgan fingerprint density at radius 1 is 1.62 bits per heavy atom. The molecule has 0 aromatic rings. The summed E-state index contributed by atoms with van der Waals surface area (Å²) in [4.78, 5) is 10.2. The fourth-order valence-electron chi connectivity index (χ4n) is 1.08. The van der Waals surface area contributed by atoms with Crippen molar-refractivity contribution in [3.8, 4) is 0 Å². The zero-order chi connectivity index (χ0) is 10.1. The molecule has 1 rings (SSSR count). The molecule has 6 heteroatoms. The normalized spacial score (nSPS) is 22.4. The summed E-state index contributed by atoms with van der Waals surface area (Å²) in [7, 11) is -3.05. The molecule has 13 heavy (non-hydrogen) atoms. The zero-order valence-electron chi connectivity index (χ0n) is 7.23. The Hall–Kier alpha value is -0.880. The quantitative estimate of drug-likeness (QED) is 0.640. The Labute approximate surface area is 76.7 Å². The molecule has 1 fully saturated rings. The molecule has 0 aromatic heterocycles. The van der Waals surface area contributed by atoms with Crippen LogP contribution in [-0.4, -0.2) is 42.6 Å². The summed E-state index contributed by atoms with van der Waals surface area (Å²) in [6.45, 7) is 2.28. The van der Waals surface area contributed by atoms with Crippen LogP contribution in [0, 0.1) is 0 Å². The Bertz CT molecular complexity index is 344. The average Bonchev–Trinajstić information content (AvgIpc) is 1.97. The molecule has 0 saturated carbocycles. The number of carboxylic acids is 1. The second-order valence-electron chi connectivity index (χ2n) is 2.98. The lowest BCUT2D eigenvalue weighted by Gasteiger charge is -2.30. The van der Waals surface area contributed by atoms with E-state index < -0.39 is 16.0 Å². The zero-order valence-corrected chi connectivity index (χ0v) is 8.04. The number of carbonyl (C=O) groups is 1. The summed E-state index contributed by atoms with van der Waals surface area (Å²) in [5.41, 5.74) is 0.538. The van der Waals surface area contributed by atoms with E-state index in [1.165, 1.54) is 4.31 Å². The Balaban J connectivity index is 2.56. The number of aliphatic carboxylic acids is 1. The van der Waals surface area contributed by atoms with E-state index in [0.29, 0.717) is 12.1 Å². The Morgan fingerprint density at radius 2 is 2.23 bits per heavy atom. The summed E-state index contributed by atoms with van der Waals surface area (Å²) in [6, 6.07) is 0. The predicted octanol–water partition coefficient (Wildman–Crippen LogP) is -0.337. The van der Waals surface area contributed by atoms with Gasteiger partial charge in [-0.15, -0.1) is 0 Å². The van der Waals surface area contributed by atoms with Crippen LogP contribution in [0.5, 0.6) is 0 Å². The van der Waals surface area contributed by atoms with Gasteiger partial charge in [0, 0.05) is 19.2 Å². The standard InChI is InChI=1S/C7H11NO4S/c1-6(4-7(9)10)5-8-2-3-13(8,11)12/h4H,2-3,5H2,1H3,(H,9,10)/b6-4+. The van der Waals surface area contributed by atoms with Crippen molar-refractivity contribution < 1.29 is 18.3 Å². The van der Waals surface area contributed by atoms with Gasteiger partial charge in [0.25, 0.3) is 0 Å². The molecule has 5 nitrogen and oxygen atoms in total. The van der Waals surface area contributed by atoms with Gasteiger partial charge < -0.3 is 5.11 Å². The predicted molar refractivity (Wildman–Crippen MR) is 46.8 cm³/mol. The molecule has 1 aliphatic heterocycles. The van der Waals surface area contributed by atoms with Crippen molar-refractivity contribution in [1.29, 1.82) is 0 Å². The number of carboxylic acid groups (broad SMARTS) is 1. The smallest absolute Gasteiger partial charge is 0.328 e. The summed E-state index contributed by atoms with van der Waals surface area (Å²) in [5, 5.41) is 8.37. The highest BCUT2D eigenvalue weighted by Gasteiger charge is 2.31. The third kappa shape index (κ3) is 2.53. The summed E-state index contributed by atoms with van der Waals surface area (Å²) < 4.78 is 23.2. The number of sulfonamides is 1. The molecule has 0 bridgehead atoms. The number of hydrogen-bond donors (Lipinski definition) is 1. The first-order valence-corrected chi connectivity index (χ1v) is 5.40. The Kier molecular flexibility index (Phi) is 2.72. The van der Waals surface area contributed by atoms with E-state index in [9.17, 15) is 13.2 Å². The van der Waals surface area contributed by atoms with E-state index in [1.54, 1.807) is 6.92 Å². The van der Waals surface area contributed by atoms with E-state index in [4.69, 9.17) is 5.11 Å². The molecule has 0 spiro atoms. The van der Waals surface area contributed by atoms with Gasteiger partial charge in [-0.25, -0.2) is 13.2 Å². The molecule has 0 aromatic carbocycles. The highest BCUT2D eigenvalue weighted by atomic mass is 32.2. The van der Waals surface area contributed by atoms with Crippen molar-refractivity contribution in [2.75, 3.05) is 18.8 Å². The molecular weight excluding hydrogens is 194 g/mol. The lowest BCUT2D eigenvalue weighted by molar-refractivity contribution is -0.131. The molecule has 1 aliphatic rings. The van der Waals surface area contributed by atoms with Gasteiger partial charge in [0.15, 0.2) is 0 Å². The van der Waals surface area contributed by atoms with Crippen LogP contribution in [0.2, 0.25) is 0 Å². The second kappa shape index (κ2) is 3.47. The van der Waals surface area contributed by atoms with Gasteiger partial charge in [-0.2, -0.15) is 4.31 Å². The van der Waals surface area contributed by atoms with Gasteiger partial charge in [0.1, 0.15) is 0 Å². The van der Waals surface area contributed by atoms with E-state index in [-0.39, 0.29) is 12.3 Å². The molecular formula is C7H11NO4S. The monoisotopic (exact) mass is 205 g/mol. The van der Waals surface area contributed by atoms with Crippen LogP contribution in [0.4, 0.5) is 0 Å². The third-order valence-corrected chi connectivity index (χ3v) is 3.58. The molecule has 74 valence electrons. The van der Waals surface area contributed by atoms with E-state index >= 15 is 0 Å². The van der Waals surface area contributed by atoms with E-state index in [2.05, 4.69) is 0 Å². The van der Waals surface area contributed by atoms with Crippen molar-refractivity contribution >= 4 is 16.0 Å². The second-order valence-corrected chi connectivity index (χ2v) is 5.07. The average molecular weight is 205 g/mol. The maximum Gasteiger partial charge on any atom is 0.328 e. The van der Waals surface area contributed by atoms with Gasteiger partial charge in [0.05, 0.1) is 5.75 Å². The summed E-state index contributed by atoms with van der Waals surface area (Å²) in [6.07, 6.45) is 1.02.